The summed E-state index contributed by atoms with van der Waals surface area (Å²) in [6.45, 7) is 19.7. The van der Waals surface area contributed by atoms with E-state index in [9.17, 15) is 12.3 Å². The third-order valence-electron chi connectivity index (χ3n) is 5.01. The molecule has 0 aliphatic heterocycles. The summed E-state index contributed by atoms with van der Waals surface area (Å²) < 4.78 is 35.3. The first-order valence-electron chi connectivity index (χ1n) is 14.5. The van der Waals surface area contributed by atoms with E-state index in [1.54, 1.807) is 0 Å². The molecule has 0 unspecified atom stereocenters. The Balaban J connectivity index is -0.000000194. The number of halogens is 3. The van der Waals surface area contributed by atoms with Crippen LogP contribution in [0.2, 0.25) is 0 Å². The Morgan fingerprint density at radius 3 is 0.838 bits per heavy atom. The molecule has 218 valence electrons. The summed E-state index contributed by atoms with van der Waals surface area (Å²) in [7, 11) is -5.48. The Morgan fingerprint density at radius 2 is 0.703 bits per heavy atom. The van der Waals surface area contributed by atoms with Gasteiger partial charge in [-0.25, -0.2) is 24.5 Å². The summed E-state index contributed by atoms with van der Waals surface area (Å²) in [4.78, 5) is 0. The van der Waals surface area contributed by atoms with Crippen molar-refractivity contribution in [1.29, 1.82) is 0 Å². The minimum absolute atomic E-state index is 0. The molecule has 0 N–H and O–H groups in total. The molecule has 0 radical (unpaired) electrons. The van der Waals surface area contributed by atoms with E-state index in [1.807, 2.05) is 0 Å². The molecule has 8 heteroatoms. The normalized spacial score (nSPS) is 10.2. The Kier molecular flexibility index (Phi) is 45.7. The largest absolute Gasteiger partial charge is 4.00 e. The van der Waals surface area contributed by atoms with Gasteiger partial charge >= 0.3 is 35.3 Å². The van der Waals surface area contributed by atoms with E-state index >= 15 is 0 Å². The molecule has 0 aromatic heterocycles. The maximum absolute atomic E-state index is 11.8. The maximum Gasteiger partial charge on any atom is 4.00 e. The van der Waals surface area contributed by atoms with Gasteiger partial charge in [0.25, 0.3) is 0 Å². The molecule has 37 heavy (non-hydrogen) atoms. The van der Waals surface area contributed by atoms with E-state index in [-0.39, 0.29) is 26.2 Å². The van der Waals surface area contributed by atoms with Crippen LogP contribution in [0, 0.1) is 0 Å². The van der Waals surface area contributed by atoms with Crippen LogP contribution in [0.15, 0.2) is 24.3 Å². The molecule has 0 saturated heterocycles. The smallest absolute Gasteiger partial charge is 0.662 e. The number of hydrogen-bond donors (Lipinski definition) is 0. The van der Waals surface area contributed by atoms with Crippen molar-refractivity contribution >= 4 is 14.3 Å². The van der Waals surface area contributed by atoms with E-state index in [4.69, 9.17) is 0 Å². The molecule has 0 spiro atoms. The molecule has 0 atom stereocenters. The van der Waals surface area contributed by atoms with Crippen LogP contribution in [0.3, 0.4) is 0 Å². The SMILES string of the molecule is CCCC[N-]CCCC.CCCC[N-]CCCC.CCCC[N-]CCCC.F[Si](F)(F)[c-]1cccc1.[Zr+4]. The predicted octanol–water partition coefficient (Wildman–Crippen LogP) is 10.3. The van der Waals surface area contributed by atoms with Crippen molar-refractivity contribution in [3.8, 4) is 0 Å². The summed E-state index contributed by atoms with van der Waals surface area (Å²) in [5.41, 5.74) is 0. The van der Waals surface area contributed by atoms with Crippen LogP contribution >= 0.6 is 0 Å². The van der Waals surface area contributed by atoms with Gasteiger partial charge in [-0.05, 0) is 0 Å². The van der Waals surface area contributed by atoms with E-state index in [2.05, 4.69) is 57.5 Å². The first kappa shape index (κ1) is 44.1. The molecule has 0 fully saturated rings. The van der Waals surface area contributed by atoms with Crippen LogP contribution < -0.4 is 5.19 Å². The van der Waals surface area contributed by atoms with Gasteiger partial charge in [0.05, 0.1) is 0 Å². The zero-order chi connectivity index (χ0) is 27.8. The monoisotopic (exact) mass is 623 g/mol. The second-order valence-electron chi connectivity index (χ2n) is 8.81. The molecule has 1 aromatic carbocycles. The standard InChI is InChI=1S/3C8H18N.C5H4F3Si.Zr/c3*1-3-5-7-9-8-6-4-2;6-9(7,8)5-3-1-2-4-5;/h3*3-8H2,1-2H3;1-4H;/q4*-1;+4. The fourth-order valence-corrected chi connectivity index (χ4v) is 3.09. The quantitative estimate of drug-likeness (QED) is 0.0636. The maximum atomic E-state index is 11.8. The van der Waals surface area contributed by atoms with E-state index in [0.29, 0.717) is 0 Å². The topological polar surface area (TPSA) is 42.3 Å². The van der Waals surface area contributed by atoms with Crippen molar-refractivity contribution in [2.24, 2.45) is 0 Å². The van der Waals surface area contributed by atoms with Crippen molar-refractivity contribution in [2.75, 3.05) is 39.3 Å². The second-order valence-corrected chi connectivity index (χ2v) is 10.4. The van der Waals surface area contributed by atoms with Gasteiger partial charge in [-0.2, -0.15) is 12.1 Å². The van der Waals surface area contributed by atoms with Crippen molar-refractivity contribution in [3.63, 3.8) is 0 Å². The Hall–Kier alpha value is 0.120. The zero-order valence-corrected chi connectivity index (χ0v) is 28.5. The van der Waals surface area contributed by atoms with Crippen LogP contribution in [-0.2, 0) is 26.2 Å². The van der Waals surface area contributed by atoms with Gasteiger partial charge in [0.1, 0.15) is 0 Å². The summed E-state index contributed by atoms with van der Waals surface area (Å²) in [6.07, 6.45) is 15.2. The van der Waals surface area contributed by atoms with Crippen LogP contribution in [0.25, 0.3) is 16.0 Å². The Bertz CT molecular complexity index is 424. The number of rotatable bonds is 19. The van der Waals surface area contributed by atoms with Gasteiger partial charge in [-0.1, -0.05) is 124 Å². The van der Waals surface area contributed by atoms with Crippen molar-refractivity contribution in [2.45, 2.75) is 119 Å². The number of hydrogen-bond acceptors (Lipinski definition) is 0. The zero-order valence-electron chi connectivity index (χ0n) is 25.0. The van der Waals surface area contributed by atoms with Gasteiger partial charge in [-0.3, -0.25) is 0 Å². The minimum atomic E-state index is -5.48. The molecule has 3 nitrogen and oxygen atoms in total. The first-order valence-corrected chi connectivity index (χ1v) is 16.2. The van der Waals surface area contributed by atoms with Crippen molar-refractivity contribution in [3.05, 3.63) is 40.2 Å². The molecule has 0 heterocycles. The van der Waals surface area contributed by atoms with Crippen molar-refractivity contribution < 1.29 is 38.5 Å². The third kappa shape index (κ3) is 43.4. The molecule has 0 saturated carbocycles. The molecule has 1 aromatic rings. The molecular weight excluding hydrogens is 567 g/mol. The second kappa shape index (κ2) is 38.3. The van der Waals surface area contributed by atoms with Crippen LogP contribution in [0.4, 0.5) is 12.3 Å². The van der Waals surface area contributed by atoms with Crippen LogP contribution in [0.5, 0.6) is 0 Å². The van der Waals surface area contributed by atoms with Gasteiger partial charge in [-0.15, -0.1) is 39.3 Å². The third-order valence-corrected chi connectivity index (χ3v) is 6.00. The van der Waals surface area contributed by atoms with Crippen molar-refractivity contribution in [1.82, 2.24) is 0 Å². The molecule has 0 aliphatic rings. The molecule has 1 rings (SSSR count). The van der Waals surface area contributed by atoms with Gasteiger partial charge < -0.3 is 16.0 Å². The summed E-state index contributed by atoms with van der Waals surface area (Å²) >= 11 is 0. The fourth-order valence-electron chi connectivity index (χ4n) is 2.52. The van der Waals surface area contributed by atoms with Crippen LogP contribution in [0.1, 0.15) is 119 Å². The Morgan fingerprint density at radius 1 is 0.486 bits per heavy atom. The summed E-state index contributed by atoms with van der Waals surface area (Å²) in [5.74, 6) is 0. The number of unbranched alkanes of at least 4 members (excludes halogenated alkanes) is 6. The number of nitrogens with zero attached hydrogens (tertiary/aromatic N) is 3. The van der Waals surface area contributed by atoms with Crippen LogP contribution in [-0.4, -0.2) is 48.3 Å². The summed E-state index contributed by atoms with van der Waals surface area (Å²) in [6, 6.07) is 5.00. The van der Waals surface area contributed by atoms with E-state index in [1.165, 1.54) is 89.2 Å². The van der Waals surface area contributed by atoms with E-state index in [0.717, 1.165) is 51.4 Å². The van der Waals surface area contributed by atoms with Gasteiger partial charge in [0.2, 0.25) is 0 Å². The predicted molar refractivity (Wildman–Crippen MR) is 159 cm³/mol. The average molecular weight is 625 g/mol. The average Bonchev–Trinajstić information content (AvgIpc) is 3.41. The Labute approximate surface area is 249 Å². The van der Waals surface area contributed by atoms with Gasteiger partial charge in [0.15, 0.2) is 0 Å². The molecular formula is C29H58F3N3SiZr. The molecule has 0 amide bonds. The van der Waals surface area contributed by atoms with Gasteiger partial charge in [0, 0.05) is 0 Å². The fraction of sp³-hybridized carbons (Fsp3) is 0.828. The molecule has 0 bridgehead atoms. The first-order chi connectivity index (χ1) is 17.3. The summed E-state index contributed by atoms with van der Waals surface area (Å²) in [5, 5.41) is 12.6. The minimum Gasteiger partial charge on any atom is -0.662 e. The van der Waals surface area contributed by atoms with E-state index < -0.39 is 14.3 Å². The molecule has 0 aliphatic carbocycles.